The molecule has 5 aromatic rings. The highest BCUT2D eigenvalue weighted by atomic mass is 16.6. The number of nitrogens with zero attached hydrogens (tertiary/aromatic N) is 2. The Balaban J connectivity index is 1.67. The summed E-state index contributed by atoms with van der Waals surface area (Å²) in [6, 6.07) is 12.5. The Bertz CT molecular complexity index is 1880. The third-order valence-electron chi connectivity index (χ3n) is 8.47. The normalized spacial score (nSPS) is 26.2. The molecule has 2 aromatic heterocycles. The van der Waals surface area contributed by atoms with Crippen LogP contribution in [0, 0.1) is 0 Å². The molecule has 8 rings (SSSR count). The summed E-state index contributed by atoms with van der Waals surface area (Å²) in [6.45, 7) is 3.66. The van der Waals surface area contributed by atoms with Crippen LogP contribution in [0.4, 0.5) is 0 Å². The summed E-state index contributed by atoms with van der Waals surface area (Å²) >= 11 is 0. The van der Waals surface area contributed by atoms with E-state index in [2.05, 4.69) is 15.2 Å². The SMILES string of the molecule is CC(=O)N[C@@H]1C[C@H]2O[C@@](C)([C@@H]1O)n1c3ccc(O)cc3c3c4c(c5c6ccccc6n2c5c31)C(=O)NC4. The average Bonchev–Trinajstić information content (AvgIpc) is 3.49. The van der Waals surface area contributed by atoms with Gasteiger partial charge in [0.15, 0.2) is 5.72 Å². The molecule has 2 amide bonds. The second kappa shape index (κ2) is 6.62. The molecule has 0 unspecified atom stereocenters. The van der Waals surface area contributed by atoms with Gasteiger partial charge in [-0.1, -0.05) is 18.2 Å². The van der Waals surface area contributed by atoms with E-state index in [1.54, 1.807) is 12.1 Å². The van der Waals surface area contributed by atoms with E-state index in [9.17, 15) is 19.8 Å². The minimum atomic E-state index is -1.25. The van der Waals surface area contributed by atoms with Crippen molar-refractivity contribution in [2.75, 3.05) is 0 Å². The summed E-state index contributed by atoms with van der Waals surface area (Å²) in [5, 5.41) is 31.6. The fraction of sp³-hybridized carbons (Fsp3) is 0.286. The van der Waals surface area contributed by atoms with Crippen LogP contribution in [0.25, 0.3) is 43.6 Å². The van der Waals surface area contributed by atoms with Gasteiger partial charge < -0.3 is 34.7 Å². The number of benzene rings is 3. The zero-order chi connectivity index (χ0) is 25.4. The highest BCUT2D eigenvalue weighted by Crippen LogP contribution is 2.53. The molecule has 0 aliphatic carbocycles. The van der Waals surface area contributed by atoms with Gasteiger partial charge in [-0.2, -0.15) is 0 Å². The van der Waals surface area contributed by atoms with Gasteiger partial charge in [0.25, 0.3) is 5.91 Å². The van der Waals surface area contributed by atoms with Crippen LogP contribution < -0.4 is 10.6 Å². The van der Waals surface area contributed by atoms with Crippen molar-refractivity contribution in [1.29, 1.82) is 0 Å². The van der Waals surface area contributed by atoms with E-state index in [-0.39, 0.29) is 17.6 Å². The first-order chi connectivity index (χ1) is 17.8. The summed E-state index contributed by atoms with van der Waals surface area (Å²) in [4.78, 5) is 25.5. The predicted molar refractivity (Wildman–Crippen MR) is 137 cm³/mol. The molecular weight excluding hydrogens is 472 g/mol. The van der Waals surface area contributed by atoms with Crippen molar-refractivity contribution in [2.45, 2.75) is 50.9 Å². The van der Waals surface area contributed by atoms with Crippen molar-refractivity contribution in [1.82, 2.24) is 19.8 Å². The van der Waals surface area contributed by atoms with Gasteiger partial charge in [-0.15, -0.1) is 0 Å². The highest BCUT2D eigenvalue weighted by molar-refractivity contribution is 6.31. The zero-order valence-electron chi connectivity index (χ0n) is 20.2. The Morgan fingerprint density at radius 1 is 1.14 bits per heavy atom. The maximum Gasteiger partial charge on any atom is 0.252 e. The number of rotatable bonds is 1. The van der Waals surface area contributed by atoms with E-state index in [0.717, 1.165) is 49.2 Å². The highest BCUT2D eigenvalue weighted by Gasteiger charge is 2.52. The second-order valence-corrected chi connectivity index (χ2v) is 10.5. The third kappa shape index (κ3) is 2.37. The number of hydrogen-bond donors (Lipinski definition) is 4. The lowest BCUT2D eigenvalue weighted by Crippen LogP contribution is -2.60. The van der Waals surface area contributed by atoms with Gasteiger partial charge in [-0.25, -0.2) is 0 Å². The second-order valence-electron chi connectivity index (χ2n) is 10.5. The lowest BCUT2D eigenvalue weighted by molar-refractivity contribution is -0.249. The number of phenolic OH excluding ortho intramolecular Hbond substituents is 1. The number of amides is 2. The number of aromatic nitrogens is 2. The van der Waals surface area contributed by atoms with Crippen molar-refractivity contribution in [3.05, 3.63) is 53.6 Å². The number of aromatic hydroxyl groups is 1. The van der Waals surface area contributed by atoms with E-state index >= 15 is 0 Å². The topological polar surface area (TPSA) is 118 Å². The van der Waals surface area contributed by atoms with E-state index in [0.29, 0.717) is 18.5 Å². The molecule has 37 heavy (non-hydrogen) atoms. The van der Waals surface area contributed by atoms with Crippen LogP contribution in [0.3, 0.4) is 0 Å². The molecule has 1 saturated heterocycles. The molecule has 2 bridgehead atoms. The molecule has 3 aliphatic rings. The molecule has 0 radical (unpaired) electrons. The van der Waals surface area contributed by atoms with Crippen LogP contribution in [0.1, 0.15) is 42.4 Å². The van der Waals surface area contributed by atoms with Crippen molar-refractivity contribution < 1.29 is 24.5 Å². The fourth-order valence-corrected chi connectivity index (χ4v) is 7.13. The summed E-state index contributed by atoms with van der Waals surface area (Å²) in [7, 11) is 0. The number of nitrogens with one attached hydrogen (secondary N) is 2. The molecular formula is C28H24N4O5. The number of ether oxygens (including phenoxy) is 1. The van der Waals surface area contributed by atoms with Gasteiger partial charge in [0.05, 0.1) is 33.7 Å². The van der Waals surface area contributed by atoms with Gasteiger partial charge in [0.2, 0.25) is 5.91 Å². The molecule has 1 fully saturated rings. The smallest absolute Gasteiger partial charge is 0.252 e. The number of phenols is 1. The van der Waals surface area contributed by atoms with Crippen molar-refractivity contribution in [2.24, 2.45) is 0 Å². The van der Waals surface area contributed by atoms with Crippen molar-refractivity contribution >= 4 is 55.4 Å². The monoisotopic (exact) mass is 496 g/mol. The van der Waals surface area contributed by atoms with Crippen LogP contribution in [-0.2, 0) is 21.8 Å². The molecule has 4 N–H and O–H groups in total. The zero-order valence-corrected chi connectivity index (χ0v) is 20.2. The summed E-state index contributed by atoms with van der Waals surface area (Å²) in [5.74, 6) is -0.245. The standard InChI is InChI=1S/C28H24N4O5/c1-12(33)30-17-10-20-31-18-6-4-3-5-14(18)22-23-16(11-29-27(23)36)21-15-9-13(34)7-8-19(15)32(25(21)24(22)31)28(2,37-20)26(17)35/h3-9,17,20,26,34-35H,10-11H2,1-2H3,(H,29,36)(H,30,33)/t17-,20-,26-,28+/m1/s1. The molecule has 5 heterocycles. The van der Waals surface area contributed by atoms with Crippen LogP contribution in [0.5, 0.6) is 5.75 Å². The van der Waals surface area contributed by atoms with Crippen molar-refractivity contribution in [3.8, 4) is 5.75 Å². The largest absolute Gasteiger partial charge is 0.508 e. The van der Waals surface area contributed by atoms with Crippen molar-refractivity contribution in [3.63, 3.8) is 0 Å². The molecule has 0 saturated carbocycles. The number of aliphatic hydroxyl groups excluding tert-OH is 1. The number of fused-ring (bicyclic) bond motifs is 13. The number of carbonyl (C=O) groups is 2. The Labute approximate surface area is 210 Å². The molecule has 4 atom stereocenters. The number of hydrogen-bond acceptors (Lipinski definition) is 5. The maximum absolute atomic E-state index is 13.3. The first-order valence-corrected chi connectivity index (χ1v) is 12.5. The molecule has 3 aliphatic heterocycles. The molecule has 9 heteroatoms. The molecule has 3 aromatic carbocycles. The fourth-order valence-electron chi connectivity index (χ4n) is 7.13. The summed E-state index contributed by atoms with van der Waals surface area (Å²) in [5.41, 5.74) is 3.65. The Morgan fingerprint density at radius 3 is 2.76 bits per heavy atom. The van der Waals surface area contributed by atoms with Gasteiger partial charge in [0.1, 0.15) is 18.1 Å². The molecule has 186 valence electrons. The average molecular weight is 497 g/mol. The quantitative estimate of drug-likeness (QED) is 0.284. The van der Waals surface area contributed by atoms with Crippen LogP contribution >= 0.6 is 0 Å². The van der Waals surface area contributed by atoms with E-state index < -0.39 is 24.1 Å². The van der Waals surface area contributed by atoms with E-state index in [1.165, 1.54) is 6.92 Å². The first-order valence-electron chi connectivity index (χ1n) is 12.5. The van der Waals surface area contributed by atoms with Crippen LogP contribution in [0.2, 0.25) is 0 Å². The minimum absolute atomic E-state index is 0.111. The number of carbonyl (C=O) groups excluding carboxylic acids is 2. The van der Waals surface area contributed by atoms with Gasteiger partial charge in [0, 0.05) is 41.4 Å². The minimum Gasteiger partial charge on any atom is -0.508 e. The van der Waals surface area contributed by atoms with Crippen LogP contribution in [0.15, 0.2) is 42.5 Å². The lowest BCUT2D eigenvalue weighted by atomic mass is 9.93. The van der Waals surface area contributed by atoms with Gasteiger partial charge in [-0.3, -0.25) is 9.59 Å². The van der Waals surface area contributed by atoms with E-state index in [4.69, 9.17) is 4.74 Å². The van der Waals surface area contributed by atoms with Gasteiger partial charge >= 0.3 is 0 Å². The predicted octanol–water partition coefficient (Wildman–Crippen LogP) is 3.32. The lowest BCUT2D eigenvalue weighted by Gasteiger charge is -2.47. The summed E-state index contributed by atoms with van der Waals surface area (Å²) < 4.78 is 10.9. The third-order valence-corrected chi connectivity index (χ3v) is 8.47. The molecule has 0 spiro atoms. The van der Waals surface area contributed by atoms with Crippen LogP contribution in [-0.4, -0.2) is 43.3 Å². The summed E-state index contributed by atoms with van der Waals surface area (Å²) in [6.07, 6.45) is -1.21. The number of aliphatic hydroxyl groups is 1. The Kier molecular flexibility index (Phi) is 3.76. The Morgan fingerprint density at radius 2 is 1.95 bits per heavy atom. The van der Waals surface area contributed by atoms with E-state index in [1.807, 2.05) is 41.8 Å². The first kappa shape index (κ1) is 21.0. The molecule has 9 nitrogen and oxygen atoms in total. The Hall–Kier alpha value is -4.08. The van der Waals surface area contributed by atoms with Gasteiger partial charge in [-0.05, 0) is 36.8 Å². The maximum atomic E-state index is 13.3. The number of para-hydroxylation sites is 1.